The number of benzene rings is 1. The van der Waals surface area contributed by atoms with Gasteiger partial charge < -0.3 is 15.2 Å². The number of hydrogen-bond acceptors (Lipinski definition) is 8. The highest BCUT2D eigenvalue weighted by molar-refractivity contribution is 7.12. The van der Waals surface area contributed by atoms with E-state index in [1.165, 1.54) is 13.2 Å². The second kappa shape index (κ2) is 7.89. The lowest BCUT2D eigenvalue weighted by atomic mass is 10.3. The van der Waals surface area contributed by atoms with Gasteiger partial charge in [-0.1, -0.05) is 0 Å². The van der Waals surface area contributed by atoms with E-state index in [0.717, 1.165) is 23.5 Å². The van der Waals surface area contributed by atoms with Gasteiger partial charge in [-0.25, -0.2) is 9.18 Å². The number of hydrazone groups is 1. The third-order valence-electron chi connectivity index (χ3n) is 2.81. The maximum Gasteiger partial charge on any atom is 0.351 e. The molecule has 0 amide bonds. The van der Waals surface area contributed by atoms with Crippen LogP contribution in [-0.4, -0.2) is 24.6 Å². The van der Waals surface area contributed by atoms with E-state index in [2.05, 4.69) is 15.3 Å². The zero-order valence-electron chi connectivity index (χ0n) is 12.9. The van der Waals surface area contributed by atoms with Crippen LogP contribution in [0.3, 0.4) is 0 Å². The van der Waals surface area contributed by atoms with Gasteiger partial charge in [0, 0.05) is 6.07 Å². The summed E-state index contributed by atoms with van der Waals surface area (Å²) in [6.45, 7) is 0. The van der Waals surface area contributed by atoms with Gasteiger partial charge in [-0.05, 0) is 23.6 Å². The zero-order valence-corrected chi connectivity index (χ0v) is 13.7. The van der Waals surface area contributed by atoms with Gasteiger partial charge in [0.15, 0.2) is 22.2 Å². The van der Waals surface area contributed by atoms with Crippen molar-refractivity contribution >= 4 is 34.5 Å². The molecule has 0 fully saturated rings. The number of methoxy groups -OCH3 is 1. The first-order valence-electron chi connectivity index (χ1n) is 6.67. The van der Waals surface area contributed by atoms with Crippen molar-refractivity contribution in [2.75, 3.05) is 12.5 Å². The number of amidine groups is 1. The van der Waals surface area contributed by atoms with Crippen molar-refractivity contribution in [3.63, 3.8) is 0 Å². The van der Waals surface area contributed by atoms with Gasteiger partial charge in [0.2, 0.25) is 5.71 Å². The Kier molecular flexibility index (Phi) is 5.65. The summed E-state index contributed by atoms with van der Waals surface area (Å²) in [4.78, 5) is 11.9. The topological polar surface area (TPSA) is 134 Å². The van der Waals surface area contributed by atoms with Crippen molar-refractivity contribution in [3.05, 3.63) is 40.3 Å². The van der Waals surface area contributed by atoms with Crippen molar-refractivity contribution in [1.29, 1.82) is 10.7 Å². The molecule has 4 N–H and O–H groups in total. The lowest BCUT2D eigenvalue weighted by Gasteiger charge is -2.11. The minimum Gasteiger partial charge on any atom is -0.465 e. The molecule has 2 rings (SSSR count). The molecule has 0 aliphatic heterocycles. The Morgan fingerprint density at radius 3 is 2.84 bits per heavy atom. The second-order valence-corrected chi connectivity index (χ2v) is 5.36. The number of nitrogens with zero attached hydrogens (tertiary/aromatic N) is 2. The van der Waals surface area contributed by atoms with Gasteiger partial charge in [0.25, 0.3) is 0 Å². The van der Waals surface area contributed by atoms with E-state index < -0.39 is 17.6 Å². The molecule has 128 valence electrons. The Morgan fingerprint density at radius 1 is 1.44 bits per heavy atom. The van der Waals surface area contributed by atoms with Gasteiger partial charge >= 0.3 is 5.97 Å². The molecule has 0 aliphatic carbocycles. The predicted octanol–water partition coefficient (Wildman–Crippen LogP) is 2.69. The average molecular weight is 361 g/mol. The van der Waals surface area contributed by atoms with Crippen LogP contribution in [0.25, 0.3) is 0 Å². The summed E-state index contributed by atoms with van der Waals surface area (Å²) in [6.07, 6.45) is 0. The highest BCUT2D eigenvalue weighted by Crippen LogP contribution is 2.34. The van der Waals surface area contributed by atoms with Gasteiger partial charge in [0.1, 0.15) is 17.6 Å². The van der Waals surface area contributed by atoms with Crippen LogP contribution in [0.4, 0.5) is 10.1 Å². The van der Waals surface area contributed by atoms with Crippen LogP contribution >= 0.6 is 11.3 Å². The summed E-state index contributed by atoms with van der Waals surface area (Å²) < 4.78 is 23.8. The summed E-state index contributed by atoms with van der Waals surface area (Å²) >= 11 is 1.13. The summed E-state index contributed by atoms with van der Waals surface area (Å²) in [7, 11) is 1.25. The minimum absolute atomic E-state index is 0.0796. The SMILES string of the molecule is COC(=O)c1sccc1Oc1ccc(F)cc1N/N=C(\C#N)C(=N)N. The molecule has 25 heavy (non-hydrogen) atoms. The Bertz CT molecular complexity index is 888. The number of carbonyl (C=O) groups excluding carboxylic acids is 1. The molecule has 0 spiro atoms. The molecular formula is C15H12FN5O3S. The molecule has 0 bridgehead atoms. The zero-order chi connectivity index (χ0) is 18.4. The number of nitrogens with one attached hydrogen (secondary N) is 2. The average Bonchev–Trinajstić information content (AvgIpc) is 3.04. The molecule has 2 aromatic rings. The number of halogens is 1. The number of ether oxygens (including phenoxy) is 2. The Hall–Kier alpha value is -3.45. The molecule has 1 aromatic carbocycles. The summed E-state index contributed by atoms with van der Waals surface area (Å²) in [5.74, 6) is -1.32. The first-order chi connectivity index (χ1) is 12.0. The molecule has 10 heteroatoms. The quantitative estimate of drug-likeness (QED) is 0.313. The molecule has 0 saturated carbocycles. The number of anilines is 1. The largest absolute Gasteiger partial charge is 0.465 e. The number of rotatable bonds is 6. The Labute approximate surface area is 145 Å². The van der Waals surface area contributed by atoms with Crippen LogP contribution in [0.1, 0.15) is 9.67 Å². The molecule has 1 heterocycles. The van der Waals surface area contributed by atoms with Crippen molar-refractivity contribution in [2.24, 2.45) is 10.8 Å². The fraction of sp³-hybridized carbons (Fsp3) is 0.0667. The fourth-order valence-electron chi connectivity index (χ4n) is 1.68. The van der Waals surface area contributed by atoms with E-state index in [1.807, 2.05) is 0 Å². The molecular weight excluding hydrogens is 349 g/mol. The normalized spacial score (nSPS) is 10.7. The number of thiophene rings is 1. The standard InChI is InChI=1S/C15H12FN5O3S/c1-23-15(22)13-12(4-5-25-13)24-11-3-2-8(16)6-9(11)20-21-10(7-17)14(18)19/h2-6,20H,1H3,(H3,18,19)/b21-10+. The maximum atomic E-state index is 13.5. The molecule has 0 radical (unpaired) electrons. The van der Waals surface area contributed by atoms with Gasteiger partial charge in [0.05, 0.1) is 7.11 Å². The van der Waals surface area contributed by atoms with Crippen LogP contribution in [0.2, 0.25) is 0 Å². The van der Waals surface area contributed by atoms with Crippen molar-refractivity contribution in [3.8, 4) is 17.6 Å². The Balaban J connectivity index is 2.34. The third kappa shape index (κ3) is 4.30. The fourth-order valence-corrected chi connectivity index (χ4v) is 2.41. The van der Waals surface area contributed by atoms with Crippen LogP contribution in [0, 0.1) is 22.6 Å². The molecule has 8 nitrogen and oxygen atoms in total. The number of hydrogen-bond donors (Lipinski definition) is 3. The molecule has 1 aromatic heterocycles. The van der Waals surface area contributed by atoms with Crippen LogP contribution < -0.4 is 15.9 Å². The summed E-state index contributed by atoms with van der Waals surface area (Å²) in [6, 6.07) is 6.75. The third-order valence-corrected chi connectivity index (χ3v) is 3.69. The number of nitriles is 1. The highest BCUT2D eigenvalue weighted by atomic mass is 32.1. The molecule has 0 unspecified atom stereocenters. The van der Waals surface area contributed by atoms with Gasteiger partial charge in [-0.2, -0.15) is 10.4 Å². The van der Waals surface area contributed by atoms with Gasteiger partial charge in [-0.3, -0.25) is 10.8 Å². The predicted molar refractivity (Wildman–Crippen MR) is 90.7 cm³/mol. The van der Waals surface area contributed by atoms with Crippen LogP contribution in [0.15, 0.2) is 34.7 Å². The monoisotopic (exact) mass is 361 g/mol. The summed E-state index contributed by atoms with van der Waals surface area (Å²) in [5.41, 5.74) is 7.33. The first-order valence-corrected chi connectivity index (χ1v) is 7.55. The lowest BCUT2D eigenvalue weighted by molar-refractivity contribution is 0.0604. The molecule has 0 aliphatic rings. The van der Waals surface area contributed by atoms with E-state index in [9.17, 15) is 9.18 Å². The van der Waals surface area contributed by atoms with Crippen molar-refractivity contribution in [2.45, 2.75) is 0 Å². The van der Waals surface area contributed by atoms with Crippen LogP contribution in [-0.2, 0) is 4.74 Å². The summed E-state index contributed by atoms with van der Waals surface area (Å²) in [5, 5.41) is 21.3. The lowest BCUT2D eigenvalue weighted by Crippen LogP contribution is -2.21. The second-order valence-electron chi connectivity index (χ2n) is 4.45. The van der Waals surface area contributed by atoms with E-state index >= 15 is 0 Å². The van der Waals surface area contributed by atoms with E-state index in [1.54, 1.807) is 17.5 Å². The first kappa shape index (κ1) is 17.9. The van der Waals surface area contributed by atoms with E-state index in [-0.39, 0.29) is 27.8 Å². The maximum absolute atomic E-state index is 13.5. The minimum atomic E-state index is -0.579. The molecule has 0 saturated heterocycles. The van der Waals surface area contributed by atoms with E-state index in [0.29, 0.717) is 0 Å². The van der Waals surface area contributed by atoms with Crippen LogP contribution in [0.5, 0.6) is 11.5 Å². The highest BCUT2D eigenvalue weighted by Gasteiger charge is 2.17. The van der Waals surface area contributed by atoms with E-state index in [4.69, 9.17) is 21.1 Å². The smallest absolute Gasteiger partial charge is 0.351 e. The Morgan fingerprint density at radius 2 is 2.20 bits per heavy atom. The van der Waals surface area contributed by atoms with Gasteiger partial charge in [-0.15, -0.1) is 11.3 Å². The number of esters is 1. The number of nitrogens with two attached hydrogens (primary N) is 1. The van der Waals surface area contributed by atoms with Crippen molar-refractivity contribution in [1.82, 2.24) is 0 Å². The van der Waals surface area contributed by atoms with Crippen molar-refractivity contribution < 1.29 is 18.7 Å². The number of carbonyl (C=O) groups is 1. The molecule has 0 atom stereocenters.